The zero-order valence-electron chi connectivity index (χ0n) is 13.6. The minimum atomic E-state index is -4.49. The Kier molecular flexibility index (Phi) is 6.23. The minimum absolute atomic E-state index is 0.0780. The van der Waals surface area contributed by atoms with Crippen LogP contribution in [0.1, 0.15) is 24.9 Å². The second-order valence-corrected chi connectivity index (χ2v) is 6.00. The van der Waals surface area contributed by atoms with E-state index in [2.05, 4.69) is 21.5 Å². The lowest BCUT2D eigenvalue weighted by atomic mass is 9.98. The molecule has 1 aromatic rings. The molecule has 0 saturated carbocycles. The Morgan fingerprint density at radius 3 is 2.33 bits per heavy atom. The fourth-order valence-corrected chi connectivity index (χ4v) is 2.74. The summed E-state index contributed by atoms with van der Waals surface area (Å²) in [6.45, 7) is 9.41. The molecule has 3 nitrogen and oxygen atoms in total. The summed E-state index contributed by atoms with van der Waals surface area (Å²) in [5, 5.41) is 3.28. The van der Waals surface area contributed by atoms with Crippen molar-refractivity contribution in [3.05, 3.63) is 42.0 Å². The van der Waals surface area contributed by atoms with Crippen LogP contribution in [0, 0.1) is 0 Å². The van der Waals surface area contributed by atoms with Gasteiger partial charge in [0.25, 0.3) is 0 Å². The normalized spacial score (nSPS) is 17.8. The van der Waals surface area contributed by atoms with Gasteiger partial charge < -0.3 is 10.1 Å². The number of alkyl halides is 4. The van der Waals surface area contributed by atoms with E-state index in [0.717, 1.165) is 43.7 Å². The molecule has 0 unspecified atom stereocenters. The second kappa shape index (κ2) is 7.98. The van der Waals surface area contributed by atoms with Gasteiger partial charge >= 0.3 is 12.5 Å². The van der Waals surface area contributed by atoms with Gasteiger partial charge in [0, 0.05) is 32.2 Å². The minimum Gasteiger partial charge on any atom is -0.428 e. The molecule has 0 amide bonds. The van der Waals surface area contributed by atoms with Crippen molar-refractivity contribution < 1.29 is 22.3 Å². The van der Waals surface area contributed by atoms with E-state index in [1.807, 2.05) is 6.92 Å². The molecule has 134 valence electrons. The Hall–Kier alpha value is -1.60. The van der Waals surface area contributed by atoms with Crippen molar-refractivity contribution in [2.75, 3.05) is 26.2 Å². The van der Waals surface area contributed by atoms with E-state index < -0.39 is 12.5 Å². The predicted molar refractivity (Wildman–Crippen MR) is 84.6 cm³/mol. The maximum absolute atomic E-state index is 13.0. The van der Waals surface area contributed by atoms with Crippen LogP contribution >= 0.6 is 0 Å². The fraction of sp³-hybridized carbons (Fsp3) is 0.529. The van der Waals surface area contributed by atoms with Crippen LogP contribution in [0.25, 0.3) is 0 Å². The van der Waals surface area contributed by atoms with E-state index >= 15 is 0 Å². The molecule has 1 aliphatic heterocycles. The molecule has 1 heterocycles. The molecule has 1 saturated heterocycles. The molecule has 7 heteroatoms. The van der Waals surface area contributed by atoms with E-state index in [1.54, 1.807) is 12.1 Å². The molecule has 2 rings (SSSR count). The van der Waals surface area contributed by atoms with Crippen LogP contribution in [-0.4, -0.2) is 43.6 Å². The molecule has 0 bridgehead atoms. The highest BCUT2D eigenvalue weighted by Gasteiger charge is 2.43. The Morgan fingerprint density at radius 2 is 1.83 bits per heavy atom. The van der Waals surface area contributed by atoms with Gasteiger partial charge in [0.1, 0.15) is 5.75 Å². The maximum Gasteiger partial charge on any atom is 0.461 e. The van der Waals surface area contributed by atoms with Gasteiger partial charge in [-0.25, -0.2) is 0 Å². The summed E-state index contributed by atoms with van der Waals surface area (Å²) in [4.78, 5) is 2.30. The number of rotatable bonds is 7. The van der Waals surface area contributed by atoms with Crippen molar-refractivity contribution in [1.29, 1.82) is 0 Å². The van der Waals surface area contributed by atoms with E-state index in [0.29, 0.717) is 0 Å². The largest absolute Gasteiger partial charge is 0.461 e. The molecule has 1 fully saturated rings. The Bertz CT molecular complexity index is 542. The lowest BCUT2D eigenvalue weighted by Gasteiger charge is -2.35. The van der Waals surface area contributed by atoms with Gasteiger partial charge in [0.15, 0.2) is 0 Å². The lowest BCUT2D eigenvalue weighted by Crippen LogP contribution is -2.45. The molecular weight excluding hydrogens is 324 g/mol. The summed E-state index contributed by atoms with van der Waals surface area (Å²) in [5.74, 6) is -0.279. The number of hydrogen-bond acceptors (Lipinski definition) is 3. The van der Waals surface area contributed by atoms with E-state index in [1.165, 1.54) is 12.1 Å². The highest BCUT2D eigenvalue weighted by Crippen LogP contribution is 2.31. The number of nitrogens with zero attached hydrogens (tertiary/aromatic N) is 1. The molecule has 0 radical (unpaired) electrons. The van der Waals surface area contributed by atoms with Gasteiger partial charge in [-0.05, 0) is 31.0 Å². The van der Waals surface area contributed by atoms with Crippen LogP contribution in [0.2, 0.25) is 0 Å². The van der Waals surface area contributed by atoms with Crippen LogP contribution < -0.4 is 10.1 Å². The Labute approximate surface area is 139 Å². The smallest absolute Gasteiger partial charge is 0.428 e. The summed E-state index contributed by atoms with van der Waals surface area (Å²) in [6, 6.07) is 5.98. The molecule has 1 aliphatic rings. The van der Waals surface area contributed by atoms with Gasteiger partial charge in [-0.2, -0.15) is 17.6 Å². The van der Waals surface area contributed by atoms with Crippen molar-refractivity contribution in [2.45, 2.75) is 31.9 Å². The monoisotopic (exact) mass is 346 g/mol. The molecule has 0 aliphatic carbocycles. The van der Waals surface area contributed by atoms with Crippen molar-refractivity contribution in [1.82, 2.24) is 10.2 Å². The topological polar surface area (TPSA) is 24.5 Å². The van der Waals surface area contributed by atoms with Crippen LogP contribution in [0.4, 0.5) is 17.6 Å². The summed E-state index contributed by atoms with van der Waals surface area (Å²) in [7, 11) is 0. The quantitative estimate of drug-likeness (QED) is 0.600. The van der Waals surface area contributed by atoms with Crippen LogP contribution in [0.5, 0.6) is 5.75 Å². The van der Waals surface area contributed by atoms with Gasteiger partial charge in [0.05, 0.1) is 0 Å². The maximum atomic E-state index is 13.0. The van der Waals surface area contributed by atoms with Crippen molar-refractivity contribution >= 4 is 0 Å². The zero-order chi connectivity index (χ0) is 17.7. The Morgan fingerprint density at radius 1 is 1.25 bits per heavy atom. The number of benzene rings is 1. The molecule has 1 aromatic carbocycles. The fourth-order valence-electron chi connectivity index (χ4n) is 2.74. The molecule has 1 atom stereocenters. The average Bonchev–Trinajstić information content (AvgIpc) is 2.54. The van der Waals surface area contributed by atoms with Gasteiger partial charge in [0.2, 0.25) is 0 Å². The molecule has 0 aromatic heterocycles. The van der Waals surface area contributed by atoms with E-state index in [9.17, 15) is 17.6 Å². The summed E-state index contributed by atoms with van der Waals surface area (Å²) >= 11 is 0. The van der Waals surface area contributed by atoms with Crippen LogP contribution in [0.15, 0.2) is 36.4 Å². The summed E-state index contributed by atoms with van der Waals surface area (Å²) in [6.07, 6.45) is -7.61. The SMILES string of the molecule is C=C(C)C[C@H](c1ccc(OC(F)(F)C(F)F)cc1)N1CCNCC1. The first kappa shape index (κ1) is 18.7. The first-order valence-electron chi connectivity index (χ1n) is 7.83. The van der Waals surface area contributed by atoms with E-state index in [-0.39, 0.29) is 11.8 Å². The summed E-state index contributed by atoms with van der Waals surface area (Å²) < 4.78 is 54.4. The Balaban J connectivity index is 2.14. The van der Waals surface area contributed by atoms with Gasteiger partial charge in [-0.3, -0.25) is 4.90 Å². The van der Waals surface area contributed by atoms with Gasteiger partial charge in [-0.15, -0.1) is 6.58 Å². The second-order valence-electron chi connectivity index (χ2n) is 6.00. The van der Waals surface area contributed by atoms with Crippen molar-refractivity contribution in [2.24, 2.45) is 0 Å². The molecule has 24 heavy (non-hydrogen) atoms. The molecular formula is C17H22F4N2O. The predicted octanol–water partition coefficient (Wildman–Crippen LogP) is 3.84. The van der Waals surface area contributed by atoms with Crippen LogP contribution in [-0.2, 0) is 0 Å². The number of halogens is 4. The third-order valence-corrected chi connectivity index (χ3v) is 3.91. The highest BCUT2D eigenvalue weighted by atomic mass is 19.3. The standard InChI is InChI=1S/C17H22F4N2O/c1-12(2)11-15(23-9-7-22-8-10-23)13-3-5-14(6-4-13)24-17(20,21)16(18)19/h3-6,15-16,22H,1,7-11H2,2H3/t15-/m1/s1. The first-order chi connectivity index (χ1) is 11.3. The lowest BCUT2D eigenvalue weighted by molar-refractivity contribution is -0.253. The average molecular weight is 346 g/mol. The molecule has 0 spiro atoms. The highest BCUT2D eigenvalue weighted by molar-refractivity contribution is 5.30. The zero-order valence-corrected chi connectivity index (χ0v) is 13.6. The van der Waals surface area contributed by atoms with Crippen LogP contribution in [0.3, 0.4) is 0 Å². The number of nitrogens with one attached hydrogen (secondary N) is 1. The first-order valence-corrected chi connectivity index (χ1v) is 7.83. The number of piperazine rings is 1. The number of hydrogen-bond donors (Lipinski definition) is 1. The molecule has 1 N–H and O–H groups in total. The van der Waals surface area contributed by atoms with Crippen molar-refractivity contribution in [3.8, 4) is 5.75 Å². The van der Waals surface area contributed by atoms with E-state index in [4.69, 9.17) is 0 Å². The number of ether oxygens (including phenoxy) is 1. The third kappa shape index (κ3) is 4.95. The van der Waals surface area contributed by atoms with Crippen molar-refractivity contribution in [3.63, 3.8) is 0 Å². The van der Waals surface area contributed by atoms with Gasteiger partial charge in [-0.1, -0.05) is 17.7 Å². The summed E-state index contributed by atoms with van der Waals surface area (Å²) in [5.41, 5.74) is 1.94. The third-order valence-electron chi connectivity index (χ3n) is 3.91.